The molecular weight excluding hydrogens is 250 g/mol. The minimum Gasteiger partial charge on any atom is -0.353 e. The summed E-state index contributed by atoms with van der Waals surface area (Å²) in [7, 11) is 0. The van der Waals surface area contributed by atoms with Crippen LogP contribution in [0.4, 0.5) is 5.82 Å². The molecule has 1 aliphatic heterocycles. The number of halogens is 1. The number of rotatable bonds is 4. The lowest BCUT2D eigenvalue weighted by atomic mass is 10.1. The zero-order chi connectivity index (χ0) is 13.0. The van der Waals surface area contributed by atoms with Gasteiger partial charge in [-0.1, -0.05) is 18.5 Å². The molecule has 0 amide bonds. The van der Waals surface area contributed by atoms with Gasteiger partial charge in [0.15, 0.2) is 5.82 Å². The highest BCUT2D eigenvalue weighted by Gasteiger charge is 2.23. The summed E-state index contributed by atoms with van der Waals surface area (Å²) in [5.41, 5.74) is 5.79. The molecule has 1 fully saturated rings. The van der Waals surface area contributed by atoms with Crippen LogP contribution < -0.4 is 10.6 Å². The Bertz CT molecular complexity index is 374. The van der Waals surface area contributed by atoms with Gasteiger partial charge in [-0.2, -0.15) is 0 Å². The Morgan fingerprint density at radius 1 is 1.39 bits per heavy atom. The molecule has 2 rings (SSSR count). The van der Waals surface area contributed by atoms with E-state index in [9.17, 15) is 0 Å². The smallest absolute Gasteiger partial charge is 0.150 e. The summed E-state index contributed by atoms with van der Waals surface area (Å²) < 4.78 is 0. The average Bonchev–Trinajstić information content (AvgIpc) is 2.42. The molecule has 1 aliphatic rings. The van der Waals surface area contributed by atoms with Crippen molar-refractivity contribution < 1.29 is 0 Å². The summed E-state index contributed by atoms with van der Waals surface area (Å²) in [5.74, 6) is 0.840. The van der Waals surface area contributed by atoms with E-state index in [0.29, 0.717) is 11.1 Å². The molecule has 6 heteroatoms. The zero-order valence-electron chi connectivity index (χ0n) is 10.7. The highest BCUT2D eigenvalue weighted by molar-refractivity contribution is 6.32. The largest absolute Gasteiger partial charge is 0.353 e. The van der Waals surface area contributed by atoms with E-state index in [-0.39, 0.29) is 0 Å². The number of nitrogens with zero attached hydrogens (tertiary/aromatic N) is 4. The van der Waals surface area contributed by atoms with E-state index in [1.165, 1.54) is 0 Å². The van der Waals surface area contributed by atoms with E-state index in [1.807, 2.05) is 0 Å². The third-order valence-electron chi connectivity index (χ3n) is 3.52. The molecular formula is C12H20ClN5. The van der Waals surface area contributed by atoms with Crippen LogP contribution in [0.25, 0.3) is 0 Å². The predicted octanol–water partition coefficient (Wildman–Crippen LogP) is 0.989. The monoisotopic (exact) mass is 269 g/mol. The van der Waals surface area contributed by atoms with Crippen LogP contribution in [0.2, 0.25) is 5.02 Å². The maximum atomic E-state index is 6.11. The minimum atomic E-state index is 0.494. The first-order valence-electron chi connectivity index (χ1n) is 6.40. The molecule has 0 spiro atoms. The lowest BCUT2D eigenvalue weighted by Gasteiger charge is -2.39. The second-order valence-electron chi connectivity index (χ2n) is 4.52. The summed E-state index contributed by atoms with van der Waals surface area (Å²) in [6.07, 6.45) is 4.29. The molecule has 0 saturated carbocycles. The van der Waals surface area contributed by atoms with Gasteiger partial charge >= 0.3 is 0 Å². The quantitative estimate of drug-likeness (QED) is 0.883. The molecule has 100 valence electrons. The summed E-state index contributed by atoms with van der Waals surface area (Å²) in [6.45, 7) is 6.81. The maximum absolute atomic E-state index is 6.11. The van der Waals surface area contributed by atoms with Crippen molar-refractivity contribution in [1.29, 1.82) is 0 Å². The van der Waals surface area contributed by atoms with Gasteiger partial charge in [0, 0.05) is 38.8 Å². The Morgan fingerprint density at radius 2 is 2.11 bits per heavy atom. The molecule has 1 saturated heterocycles. The van der Waals surface area contributed by atoms with Crippen LogP contribution in [0.5, 0.6) is 0 Å². The second-order valence-corrected chi connectivity index (χ2v) is 4.92. The van der Waals surface area contributed by atoms with Gasteiger partial charge in [0.2, 0.25) is 0 Å². The van der Waals surface area contributed by atoms with Gasteiger partial charge in [0.1, 0.15) is 11.3 Å². The summed E-state index contributed by atoms with van der Waals surface area (Å²) in [4.78, 5) is 12.8. The Morgan fingerprint density at radius 3 is 2.67 bits per heavy atom. The summed E-state index contributed by atoms with van der Waals surface area (Å²) in [5, 5.41) is 0.622. The maximum Gasteiger partial charge on any atom is 0.150 e. The predicted molar refractivity (Wildman–Crippen MR) is 74.0 cm³/mol. The van der Waals surface area contributed by atoms with E-state index in [2.05, 4.69) is 26.7 Å². The van der Waals surface area contributed by atoms with Crippen molar-refractivity contribution in [2.45, 2.75) is 19.4 Å². The molecule has 0 aliphatic carbocycles. The molecule has 0 radical (unpaired) electrons. The molecule has 5 nitrogen and oxygen atoms in total. The van der Waals surface area contributed by atoms with Gasteiger partial charge in [0.25, 0.3) is 0 Å². The SMILES string of the molecule is CCC(CN)N1CCN(c2ncncc2Cl)CC1. The molecule has 1 atom stereocenters. The van der Waals surface area contributed by atoms with Gasteiger partial charge in [-0.3, -0.25) is 4.90 Å². The average molecular weight is 270 g/mol. The molecule has 1 aromatic heterocycles. The first kappa shape index (κ1) is 13.5. The second kappa shape index (κ2) is 6.31. The van der Waals surface area contributed by atoms with Gasteiger partial charge in [-0.25, -0.2) is 9.97 Å². The molecule has 0 aromatic carbocycles. The Labute approximate surface area is 113 Å². The van der Waals surface area contributed by atoms with Crippen LogP contribution in [0.15, 0.2) is 12.5 Å². The van der Waals surface area contributed by atoms with Crippen molar-refractivity contribution in [1.82, 2.24) is 14.9 Å². The fourth-order valence-corrected chi connectivity index (χ4v) is 2.64. The molecule has 1 unspecified atom stereocenters. The van der Waals surface area contributed by atoms with Crippen molar-refractivity contribution in [3.63, 3.8) is 0 Å². The third kappa shape index (κ3) is 2.91. The molecule has 2 N–H and O–H groups in total. The van der Waals surface area contributed by atoms with Crippen LogP contribution in [-0.2, 0) is 0 Å². The van der Waals surface area contributed by atoms with Crippen LogP contribution in [0, 0.1) is 0 Å². The van der Waals surface area contributed by atoms with Crippen LogP contribution in [0.1, 0.15) is 13.3 Å². The van der Waals surface area contributed by atoms with Crippen LogP contribution in [-0.4, -0.2) is 53.6 Å². The number of hydrogen-bond donors (Lipinski definition) is 1. The van der Waals surface area contributed by atoms with Gasteiger partial charge in [0.05, 0.1) is 6.20 Å². The summed E-state index contributed by atoms with van der Waals surface area (Å²) in [6, 6.07) is 0.494. The van der Waals surface area contributed by atoms with E-state index in [1.54, 1.807) is 12.5 Å². The van der Waals surface area contributed by atoms with E-state index >= 15 is 0 Å². The van der Waals surface area contributed by atoms with Crippen molar-refractivity contribution in [3.05, 3.63) is 17.5 Å². The first-order valence-corrected chi connectivity index (χ1v) is 6.78. The van der Waals surface area contributed by atoms with E-state index in [0.717, 1.165) is 45.0 Å². The Kier molecular flexibility index (Phi) is 4.74. The standard InChI is InChI=1S/C12H20ClN5/c1-2-10(7-14)17-3-5-18(6-4-17)12-11(13)8-15-9-16-12/h8-10H,2-7,14H2,1H3. The van der Waals surface area contributed by atoms with E-state index in [4.69, 9.17) is 17.3 Å². The van der Waals surface area contributed by atoms with Gasteiger partial charge in [-0.05, 0) is 6.42 Å². The van der Waals surface area contributed by atoms with Gasteiger partial charge < -0.3 is 10.6 Å². The normalized spacial score (nSPS) is 18.9. The lowest BCUT2D eigenvalue weighted by molar-refractivity contribution is 0.184. The van der Waals surface area contributed by atoms with Crippen LogP contribution >= 0.6 is 11.6 Å². The van der Waals surface area contributed by atoms with Crippen LogP contribution in [0.3, 0.4) is 0 Å². The van der Waals surface area contributed by atoms with Crippen molar-refractivity contribution in [2.24, 2.45) is 5.73 Å². The minimum absolute atomic E-state index is 0.494. The summed E-state index contributed by atoms with van der Waals surface area (Å²) >= 11 is 6.11. The van der Waals surface area contributed by atoms with Gasteiger partial charge in [-0.15, -0.1) is 0 Å². The first-order chi connectivity index (χ1) is 8.76. The topological polar surface area (TPSA) is 58.3 Å². The van der Waals surface area contributed by atoms with E-state index < -0.39 is 0 Å². The molecule has 2 heterocycles. The Hall–Kier alpha value is -0.910. The fourth-order valence-electron chi connectivity index (χ4n) is 2.41. The van der Waals surface area contributed by atoms with Crippen molar-refractivity contribution in [2.75, 3.05) is 37.6 Å². The zero-order valence-corrected chi connectivity index (χ0v) is 11.5. The molecule has 0 bridgehead atoms. The van der Waals surface area contributed by atoms with Crippen molar-refractivity contribution >= 4 is 17.4 Å². The number of aromatic nitrogens is 2. The number of nitrogens with two attached hydrogens (primary N) is 1. The fraction of sp³-hybridized carbons (Fsp3) is 0.667. The number of piperazine rings is 1. The number of anilines is 1. The molecule has 18 heavy (non-hydrogen) atoms. The highest BCUT2D eigenvalue weighted by Crippen LogP contribution is 2.22. The third-order valence-corrected chi connectivity index (χ3v) is 3.79. The van der Waals surface area contributed by atoms with Crippen molar-refractivity contribution in [3.8, 4) is 0 Å². The Balaban J connectivity index is 1.96. The number of hydrogen-bond acceptors (Lipinski definition) is 5. The molecule has 1 aromatic rings. The lowest BCUT2D eigenvalue weighted by Crippen LogP contribution is -2.52. The highest BCUT2D eigenvalue weighted by atomic mass is 35.5.